The van der Waals surface area contributed by atoms with Gasteiger partial charge in [0.05, 0.1) is 16.7 Å². The Morgan fingerprint density at radius 1 is 1.39 bits per heavy atom. The van der Waals surface area contributed by atoms with Gasteiger partial charge in [-0.1, -0.05) is 6.07 Å². The lowest BCUT2D eigenvalue weighted by atomic mass is 10.2. The molecule has 0 bridgehead atoms. The van der Waals surface area contributed by atoms with Gasteiger partial charge in [0.25, 0.3) is 0 Å². The average Bonchev–Trinajstić information content (AvgIpc) is 2.89. The van der Waals surface area contributed by atoms with Gasteiger partial charge in [-0.15, -0.1) is 0 Å². The Hall–Kier alpha value is -2.19. The van der Waals surface area contributed by atoms with Crippen LogP contribution in [0.5, 0.6) is 0 Å². The molecule has 8 heteroatoms. The van der Waals surface area contributed by atoms with Crippen molar-refractivity contribution in [2.45, 2.75) is 31.4 Å². The summed E-state index contributed by atoms with van der Waals surface area (Å²) >= 11 is 0. The van der Waals surface area contributed by atoms with Crippen LogP contribution in [0.15, 0.2) is 41.6 Å². The first kappa shape index (κ1) is 17.2. The van der Waals surface area contributed by atoms with Gasteiger partial charge in [0.1, 0.15) is 6.61 Å². The molecule has 1 N–H and O–H groups in total. The maximum Gasteiger partial charge on any atom is 0.338 e. The number of sulfonamides is 1. The summed E-state index contributed by atoms with van der Waals surface area (Å²) in [5.74, 6) is -0.588. The minimum Gasteiger partial charge on any atom is -0.457 e. The van der Waals surface area contributed by atoms with E-state index in [0.717, 1.165) is 5.56 Å². The van der Waals surface area contributed by atoms with Crippen molar-refractivity contribution in [3.63, 3.8) is 0 Å². The number of hydrogen-bond donors (Lipinski definition) is 1. The first-order valence-corrected chi connectivity index (χ1v) is 8.53. The lowest BCUT2D eigenvalue weighted by molar-refractivity contribution is 0.0472. The molecule has 23 heavy (non-hydrogen) atoms. The molecule has 0 fully saturated rings. The van der Waals surface area contributed by atoms with Crippen molar-refractivity contribution in [1.82, 2.24) is 14.5 Å². The third kappa shape index (κ3) is 4.64. The second kappa shape index (κ2) is 6.93. The summed E-state index contributed by atoms with van der Waals surface area (Å²) in [7, 11) is -1.89. The van der Waals surface area contributed by atoms with Crippen LogP contribution in [0.1, 0.15) is 29.8 Å². The molecule has 2 aromatic rings. The highest BCUT2D eigenvalue weighted by Crippen LogP contribution is 2.13. The number of nitrogens with one attached hydrogen (secondary N) is 1. The highest BCUT2D eigenvalue weighted by Gasteiger charge is 2.17. The number of ether oxygens (including phenoxy) is 1. The van der Waals surface area contributed by atoms with Crippen molar-refractivity contribution in [3.05, 3.63) is 47.8 Å². The Labute approximate surface area is 135 Å². The summed E-state index contributed by atoms with van der Waals surface area (Å²) < 4.78 is 33.5. The van der Waals surface area contributed by atoms with Crippen LogP contribution in [0.2, 0.25) is 0 Å². The molecule has 0 atom stereocenters. The number of hydrogen-bond acceptors (Lipinski definition) is 5. The van der Waals surface area contributed by atoms with E-state index in [4.69, 9.17) is 4.74 Å². The predicted molar refractivity (Wildman–Crippen MR) is 84.2 cm³/mol. The van der Waals surface area contributed by atoms with Crippen molar-refractivity contribution in [3.8, 4) is 0 Å². The normalized spacial score (nSPS) is 11.7. The Balaban J connectivity index is 2.11. The highest BCUT2D eigenvalue weighted by atomic mass is 32.2. The number of benzene rings is 1. The van der Waals surface area contributed by atoms with Crippen LogP contribution < -0.4 is 4.72 Å². The topological polar surface area (TPSA) is 90.3 Å². The summed E-state index contributed by atoms with van der Waals surface area (Å²) in [6, 6.07) is 5.52. The van der Waals surface area contributed by atoms with Crippen molar-refractivity contribution in [2.75, 3.05) is 0 Å². The second-order valence-corrected chi connectivity index (χ2v) is 7.12. The third-order valence-electron chi connectivity index (χ3n) is 2.90. The van der Waals surface area contributed by atoms with E-state index in [2.05, 4.69) is 9.82 Å². The van der Waals surface area contributed by atoms with Crippen LogP contribution in [0.4, 0.5) is 0 Å². The zero-order valence-corrected chi connectivity index (χ0v) is 14.0. The van der Waals surface area contributed by atoms with Gasteiger partial charge in [-0.25, -0.2) is 17.9 Å². The van der Waals surface area contributed by atoms with Gasteiger partial charge >= 0.3 is 5.97 Å². The molecule has 1 aromatic heterocycles. The van der Waals surface area contributed by atoms with Gasteiger partial charge in [0.15, 0.2) is 0 Å². The average molecular weight is 337 g/mol. The van der Waals surface area contributed by atoms with Crippen molar-refractivity contribution in [1.29, 1.82) is 0 Å². The summed E-state index contributed by atoms with van der Waals surface area (Å²) in [5.41, 5.74) is 0.937. The molecule has 0 aliphatic heterocycles. The third-order valence-corrected chi connectivity index (χ3v) is 4.56. The zero-order chi connectivity index (χ0) is 17.0. The minimum absolute atomic E-state index is 0.0297. The minimum atomic E-state index is -3.65. The lowest BCUT2D eigenvalue weighted by Crippen LogP contribution is -2.30. The van der Waals surface area contributed by atoms with E-state index in [1.54, 1.807) is 38.0 Å². The van der Waals surface area contributed by atoms with Crippen molar-refractivity contribution < 1.29 is 17.9 Å². The van der Waals surface area contributed by atoms with Crippen LogP contribution in [-0.2, 0) is 28.4 Å². The van der Waals surface area contributed by atoms with Gasteiger partial charge in [-0.3, -0.25) is 4.68 Å². The SMILES string of the molecule is CC(C)NS(=O)(=O)c1cccc(C(=O)OCc2cnn(C)c2)c1. The van der Waals surface area contributed by atoms with E-state index in [1.165, 1.54) is 24.3 Å². The maximum atomic E-state index is 12.1. The van der Waals surface area contributed by atoms with Gasteiger partial charge < -0.3 is 4.74 Å². The Bertz CT molecular complexity index is 797. The van der Waals surface area contributed by atoms with Gasteiger partial charge in [0, 0.05) is 24.8 Å². The molecule has 2 rings (SSSR count). The first-order valence-electron chi connectivity index (χ1n) is 7.05. The summed E-state index contributed by atoms with van der Waals surface area (Å²) in [5, 5.41) is 3.98. The molecule has 0 aliphatic rings. The quantitative estimate of drug-likeness (QED) is 0.806. The maximum absolute atomic E-state index is 12.1. The molecular weight excluding hydrogens is 318 g/mol. The zero-order valence-electron chi connectivity index (χ0n) is 13.2. The fourth-order valence-electron chi connectivity index (χ4n) is 1.95. The smallest absolute Gasteiger partial charge is 0.338 e. The van der Waals surface area contributed by atoms with E-state index in [1.807, 2.05) is 0 Å². The summed E-state index contributed by atoms with van der Waals surface area (Å²) in [6.07, 6.45) is 3.33. The van der Waals surface area contributed by atoms with E-state index >= 15 is 0 Å². The standard InChI is InChI=1S/C15H19N3O4S/c1-11(2)17-23(20,21)14-6-4-5-13(7-14)15(19)22-10-12-8-16-18(3)9-12/h4-9,11,17H,10H2,1-3H3. The number of rotatable bonds is 6. The van der Waals surface area contributed by atoms with E-state index < -0.39 is 16.0 Å². The lowest BCUT2D eigenvalue weighted by Gasteiger charge is -2.10. The highest BCUT2D eigenvalue weighted by molar-refractivity contribution is 7.89. The largest absolute Gasteiger partial charge is 0.457 e. The van der Waals surface area contributed by atoms with E-state index in [-0.39, 0.29) is 23.1 Å². The van der Waals surface area contributed by atoms with E-state index in [0.29, 0.717) is 0 Å². The molecular formula is C15H19N3O4S. The van der Waals surface area contributed by atoms with Crippen molar-refractivity contribution >= 4 is 16.0 Å². The fraction of sp³-hybridized carbons (Fsp3) is 0.333. The fourth-order valence-corrected chi connectivity index (χ4v) is 3.24. The monoisotopic (exact) mass is 337 g/mol. The molecule has 7 nitrogen and oxygen atoms in total. The van der Waals surface area contributed by atoms with Crippen LogP contribution in [0.3, 0.4) is 0 Å². The molecule has 0 radical (unpaired) electrons. The van der Waals surface area contributed by atoms with Gasteiger partial charge in [0.2, 0.25) is 10.0 Å². The molecule has 124 valence electrons. The van der Waals surface area contributed by atoms with Crippen LogP contribution in [-0.4, -0.2) is 30.2 Å². The molecule has 0 saturated heterocycles. The number of nitrogens with zero attached hydrogens (tertiary/aromatic N) is 2. The summed E-state index contributed by atoms with van der Waals surface area (Å²) in [6.45, 7) is 3.53. The molecule has 1 heterocycles. The first-order chi connectivity index (χ1) is 10.8. The number of carbonyl (C=O) groups excluding carboxylic acids is 1. The Morgan fingerprint density at radius 3 is 2.74 bits per heavy atom. The Morgan fingerprint density at radius 2 is 2.13 bits per heavy atom. The van der Waals surface area contributed by atoms with Crippen molar-refractivity contribution in [2.24, 2.45) is 7.05 Å². The molecule has 0 unspecified atom stereocenters. The second-order valence-electron chi connectivity index (χ2n) is 5.40. The Kier molecular flexibility index (Phi) is 5.17. The molecule has 0 saturated carbocycles. The number of aromatic nitrogens is 2. The van der Waals surface area contributed by atoms with Gasteiger partial charge in [-0.2, -0.15) is 5.10 Å². The molecule has 0 amide bonds. The molecule has 0 aliphatic carbocycles. The summed E-state index contributed by atoms with van der Waals surface area (Å²) in [4.78, 5) is 12.1. The van der Waals surface area contributed by atoms with Gasteiger partial charge in [-0.05, 0) is 32.0 Å². The molecule has 0 spiro atoms. The van der Waals surface area contributed by atoms with Crippen LogP contribution >= 0.6 is 0 Å². The van der Waals surface area contributed by atoms with E-state index in [9.17, 15) is 13.2 Å². The molecule has 1 aromatic carbocycles. The van der Waals surface area contributed by atoms with Crippen LogP contribution in [0.25, 0.3) is 0 Å². The number of carbonyl (C=O) groups is 1. The number of aryl methyl sites for hydroxylation is 1. The van der Waals surface area contributed by atoms with Crippen LogP contribution in [0, 0.1) is 0 Å². The number of esters is 1. The predicted octanol–water partition coefficient (Wildman–Crippen LogP) is 1.46.